The number of aryl methyl sites for hydroxylation is 1. The number of hydrogen-bond donors (Lipinski definition) is 0. The van der Waals surface area contributed by atoms with Crippen LogP contribution in [0.15, 0.2) is 80.9 Å². The van der Waals surface area contributed by atoms with E-state index in [4.69, 9.17) is 4.98 Å². The van der Waals surface area contributed by atoms with Crippen molar-refractivity contribution in [3.05, 3.63) is 98.5 Å². The third-order valence-electron chi connectivity index (χ3n) is 6.29. The summed E-state index contributed by atoms with van der Waals surface area (Å²) in [6, 6.07) is 19.1. The zero-order valence-corrected chi connectivity index (χ0v) is 22.8. The van der Waals surface area contributed by atoms with Gasteiger partial charge < -0.3 is 0 Å². The number of nitrogens with zero attached hydrogens (tertiary/aromatic N) is 3. The van der Waals surface area contributed by atoms with E-state index in [9.17, 15) is 13.2 Å². The molecule has 0 amide bonds. The maximum atomic E-state index is 13.7. The van der Waals surface area contributed by atoms with Gasteiger partial charge in [-0.05, 0) is 67.8 Å². The first-order valence-electron chi connectivity index (χ1n) is 11.4. The second-order valence-electron chi connectivity index (χ2n) is 9.03. The molecule has 0 bridgehead atoms. The second-order valence-corrected chi connectivity index (χ2v) is 11.9. The van der Waals surface area contributed by atoms with E-state index in [1.165, 1.54) is 15.9 Å². The Labute approximate surface area is 214 Å². The van der Waals surface area contributed by atoms with Crippen LogP contribution in [0, 0.1) is 6.92 Å². The minimum absolute atomic E-state index is 0.199. The average Bonchev–Trinajstić information content (AvgIpc) is 2.84. The first-order chi connectivity index (χ1) is 16.5. The van der Waals surface area contributed by atoms with Gasteiger partial charge in [0.05, 0.1) is 27.5 Å². The van der Waals surface area contributed by atoms with Crippen LogP contribution < -0.4 is 5.56 Å². The van der Waals surface area contributed by atoms with Gasteiger partial charge in [-0.2, -0.15) is 4.31 Å². The summed E-state index contributed by atoms with van der Waals surface area (Å²) < 4.78 is 30.6. The predicted molar refractivity (Wildman–Crippen MR) is 144 cm³/mol. The van der Waals surface area contributed by atoms with Gasteiger partial charge in [0.1, 0.15) is 5.82 Å². The number of fused-ring (bicyclic) bond motifs is 1. The summed E-state index contributed by atoms with van der Waals surface area (Å²) >= 11 is 3.43. The van der Waals surface area contributed by atoms with E-state index >= 15 is 0 Å². The van der Waals surface area contributed by atoms with Crippen molar-refractivity contribution in [2.24, 2.45) is 0 Å². The lowest BCUT2D eigenvalue weighted by Gasteiger charge is -2.26. The monoisotopic (exact) mass is 553 g/mol. The Morgan fingerprint density at radius 1 is 0.943 bits per heavy atom. The summed E-state index contributed by atoms with van der Waals surface area (Å²) in [7, 11) is -2.32. The van der Waals surface area contributed by atoms with Crippen molar-refractivity contribution in [3.8, 4) is 5.69 Å². The number of hydrogen-bond acceptors (Lipinski definition) is 4. The summed E-state index contributed by atoms with van der Waals surface area (Å²) in [6.45, 7) is 7.84. The van der Waals surface area contributed by atoms with E-state index in [-0.39, 0.29) is 10.5 Å². The van der Waals surface area contributed by atoms with E-state index in [2.05, 4.69) is 29.8 Å². The number of halogens is 1. The fourth-order valence-electron chi connectivity index (χ4n) is 3.96. The van der Waals surface area contributed by atoms with Gasteiger partial charge in [-0.15, -0.1) is 0 Å². The van der Waals surface area contributed by atoms with Gasteiger partial charge in [-0.1, -0.05) is 59.6 Å². The minimum atomic E-state index is -3.84. The molecular formula is C27H28BrN3O3S. The number of sulfonamides is 1. The molecule has 0 saturated carbocycles. The summed E-state index contributed by atoms with van der Waals surface area (Å²) in [5.41, 5.74) is 3.00. The van der Waals surface area contributed by atoms with Gasteiger partial charge >= 0.3 is 0 Å². The van der Waals surface area contributed by atoms with E-state index in [0.29, 0.717) is 28.3 Å². The Morgan fingerprint density at radius 2 is 1.57 bits per heavy atom. The van der Waals surface area contributed by atoms with Gasteiger partial charge in [0.2, 0.25) is 10.0 Å². The van der Waals surface area contributed by atoms with Gasteiger partial charge in [-0.3, -0.25) is 9.36 Å². The van der Waals surface area contributed by atoms with Crippen molar-refractivity contribution in [2.45, 2.75) is 44.6 Å². The van der Waals surface area contributed by atoms with Crippen LogP contribution in [-0.4, -0.2) is 29.3 Å². The van der Waals surface area contributed by atoms with Gasteiger partial charge in [0.15, 0.2) is 0 Å². The Morgan fingerprint density at radius 3 is 2.17 bits per heavy atom. The van der Waals surface area contributed by atoms with Crippen LogP contribution in [0.3, 0.4) is 0 Å². The van der Waals surface area contributed by atoms with Crippen LogP contribution in [0.1, 0.15) is 49.7 Å². The highest BCUT2D eigenvalue weighted by molar-refractivity contribution is 9.10. The fourth-order valence-corrected chi connectivity index (χ4v) is 5.64. The van der Waals surface area contributed by atoms with E-state index in [1.807, 2.05) is 49.4 Å². The molecule has 0 radical (unpaired) electrons. The fraction of sp³-hybridized carbons (Fsp3) is 0.259. The highest BCUT2D eigenvalue weighted by Gasteiger charge is 2.30. The molecule has 182 valence electrons. The lowest BCUT2D eigenvalue weighted by molar-refractivity contribution is 0.379. The third kappa shape index (κ3) is 4.83. The Kier molecular flexibility index (Phi) is 6.99. The molecule has 0 aliphatic heterocycles. The van der Waals surface area contributed by atoms with E-state index < -0.39 is 16.1 Å². The molecule has 1 heterocycles. The molecule has 0 aliphatic carbocycles. The normalized spacial score (nSPS) is 13.0. The summed E-state index contributed by atoms with van der Waals surface area (Å²) in [5, 5.41) is 0.450. The predicted octanol–water partition coefficient (Wildman–Crippen LogP) is 5.96. The highest BCUT2D eigenvalue weighted by atomic mass is 79.9. The Balaban J connectivity index is 1.87. The Hall–Kier alpha value is -2.81. The first-order valence-corrected chi connectivity index (χ1v) is 13.6. The van der Waals surface area contributed by atoms with Gasteiger partial charge in [-0.25, -0.2) is 13.4 Å². The minimum Gasteiger partial charge on any atom is -0.268 e. The zero-order valence-electron chi connectivity index (χ0n) is 20.4. The smallest absolute Gasteiger partial charge is 0.266 e. The first kappa shape index (κ1) is 25.3. The van der Waals surface area contributed by atoms with Crippen molar-refractivity contribution in [3.63, 3.8) is 0 Å². The molecule has 1 unspecified atom stereocenters. The van der Waals surface area contributed by atoms with Gasteiger partial charge in [0, 0.05) is 11.5 Å². The molecule has 35 heavy (non-hydrogen) atoms. The molecule has 1 atom stereocenters. The lowest BCUT2D eigenvalue weighted by atomic mass is 10.0. The van der Waals surface area contributed by atoms with Crippen LogP contribution in [-0.2, 0) is 10.0 Å². The molecule has 0 N–H and O–H groups in total. The summed E-state index contributed by atoms with van der Waals surface area (Å²) in [4.78, 5) is 18.6. The molecule has 4 rings (SSSR count). The molecule has 3 aromatic carbocycles. The molecule has 0 fully saturated rings. The average molecular weight is 555 g/mol. The van der Waals surface area contributed by atoms with Crippen LogP contribution in [0.4, 0.5) is 0 Å². The number of rotatable bonds is 6. The zero-order chi connectivity index (χ0) is 25.5. The molecular weight excluding hydrogens is 526 g/mol. The van der Waals surface area contributed by atoms with E-state index in [0.717, 1.165) is 15.6 Å². The molecule has 0 spiro atoms. The topological polar surface area (TPSA) is 72.3 Å². The largest absolute Gasteiger partial charge is 0.268 e. The van der Waals surface area contributed by atoms with Crippen molar-refractivity contribution in [1.29, 1.82) is 0 Å². The SMILES string of the molecule is Cc1ccc(-n2c(C(C)N(C)S(=O)(=O)c3ccc(C(C)C)cc3)nc3ccc(Br)cc3c2=O)cc1. The highest BCUT2D eigenvalue weighted by Crippen LogP contribution is 2.28. The Bertz CT molecular complexity index is 1540. The van der Waals surface area contributed by atoms with E-state index in [1.54, 1.807) is 31.2 Å². The lowest BCUT2D eigenvalue weighted by Crippen LogP contribution is -2.35. The molecule has 4 aromatic rings. The second kappa shape index (κ2) is 9.68. The van der Waals surface area contributed by atoms with Crippen LogP contribution in [0.25, 0.3) is 16.6 Å². The molecule has 0 saturated heterocycles. The maximum absolute atomic E-state index is 13.7. The number of aromatic nitrogens is 2. The van der Waals surface area contributed by atoms with Crippen molar-refractivity contribution in [1.82, 2.24) is 13.9 Å². The molecule has 8 heteroatoms. The molecule has 1 aromatic heterocycles. The maximum Gasteiger partial charge on any atom is 0.266 e. The summed E-state index contributed by atoms with van der Waals surface area (Å²) in [6.07, 6.45) is 0. The van der Waals surface area contributed by atoms with Crippen LogP contribution >= 0.6 is 15.9 Å². The van der Waals surface area contributed by atoms with Gasteiger partial charge in [0.25, 0.3) is 5.56 Å². The van der Waals surface area contributed by atoms with Crippen molar-refractivity contribution < 1.29 is 8.42 Å². The standard InChI is InChI=1S/C27H28BrN3O3S/c1-17(2)20-8-13-23(14-9-20)35(33,34)30(5)19(4)26-29-25-15-10-21(28)16-24(25)27(32)31(26)22-11-6-18(3)7-12-22/h6-17,19H,1-5H3. The molecule has 0 aliphatic rings. The van der Waals surface area contributed by atoms with Crippen molar-refractivity contribution >= 4 is 36.9 Å². The van der Waals surface area contributed by atoms with Crippen molar-refractivity contribution in [2.75, 3.05) is 7.05 Å². The third-order valence-corrected chi connectivity index (χ3v) is 8.73. The van der Waals surface area contributed by atoms with Crippen LogP contribution in [0.2, 0.25) is 0 Å². The number of benzene rings is 3. The summed E-state index contributed by atoms with van der Waals surface area (Å²) in [5.74, 6) is 0.646. The quantitative estimate of drug-likeness (QED) is 0.295. The molecule has 6 nitrogen and oxygen atoms in total. The van der Waals surface area contributed by atoms with Crippen LogP contribution in [0.5, 0.6) is 0 Å².